The van der Waals surface area contributed by atoms with Crippen LogP contribution in [0, 0.1) is 5.92 Å². The molecule has 0 saturated heterocycles. The third-order valence-electron chi connectivity index (χ3n) is 2.67. The van der Waals surface area contributed by atoms with E-state index < -0.39 is 10.7 Å². The van der Waals surface area contributed by atoms with Gasteiger partial charge in [-0.15, -0.1) is 11.3 Å². The van der Waals surface area contributed by atoms with E-state index in [2.05, 4.69) is 20.9 Å². The lowest BCUT2D eigenvalue weighted by molar-refractivity contribution is 0.0533. The first-order chi connectivity index (χ1) is 8.86. The summed E-state index contributed by atoms with van der Waals surface area (Å²) in [7, 11) is 0. The van der Waals surface area contributed by atoms with Gasteiger partial charge in [-0.2, -0.15) is 8.78 Å². The molecular formula is C12H11BrClF2NS2. The number of benzene rings is 1. The number of nitrogens with zero attached hydrogens (tertiary/aromatic N) is 1. The molecule has 0 fully saturated rings. The molecule has 1 nitrogen and oxygen atoms in total. The average Bonchev–Trinajstić information content (AvgIpc) is 2.69. The lowest BCUT2D eigenvalue weighted by Crippen LogP contribution is -2.18. The highest BCUT2D eigenvalue weighted by Gasteiger charge is 2.31. The second kappa shape index (κ2) is 6.24. The van der Waals surface area contributed by atoms with Crippen LogP contribution in [0.25, 0.3) is 10.2 Å². The molecule has 1 heterocycles. The maximum Gasteiger partial charge on any atom is 0.303 e. The van der Waals surface area contributed by atoms with Gasteiger partial charge in [-0.3, -0.25) is 0 Å². The summed E-state index contributed by atoms with van der Waals surface area (Å²) in [6.45, 7) is 1.54. The van der Waals surface area contributed by atoms with Crippen molar-refractivity contribution in [1.29, 1.82) is 0 Å². The van der Waals surface area contributed by atoms with Gasteiger partial charge in [-0.05, 0) is 40.5 Å². The van der Waals surface area contributed by atoms with Crippen molar-refractivity contribution in [3.8, 4) is 0 Å². The minimum absolute atomic E-state index is 0.430. The predicted octanol–water partition coefficient (Wildman–Crippen LogP) is 6.06. The van der Waals surface area contributed by atoms with Gasteiger partial charge >= 0.3 is 4.83 Å². The zero-order valence-corrected chi connectivity index (χ0v) is 14.0. The van der Waals surface area contributed by atoms with Crippen molar-refractivity contribution in [2.75, 3.05) is 5.75 Å². The second-order valence-corrected chi connectivity index (χ2v) is 8.04. The summed E-state index contributed by atoms with van der Waals surface area (Å²) in [6, 6.07) is 5.56. The van der Waals surface area contributed by atoms with Crippen molar-refractivity contribution in [1.82, 2.24) is 4.98 Å². The molecule has 0 radical (unpaired) electrons. The second-order valence-electron chi connectivity index (χ2n) is 4.17. The molecule has 0 bridgehead atoms. The van der Waals surface area contributed by atoms with Gasteiger partial charge in [0, 0.05) is 16.7 Å². The van der Waals surface area contributed by atoms with Crippen LogP contribution in [0.4, 0.5) is 8.78 Å². The largest absolute Gasteiger partial charge is 0.303 e. The predicted molar refractivity (Wildman–Crippen MR) is 83.0 cm³/mol. The van der Waals surface area contributed by atoms with E-state index in [-0.39, 0.29) is 0 Å². The first-order valence-electron chi connectivity index (χ1n) is 5.62. The quantitative estimate of drug-likeness (QED) is 0.458. The zero-order valence-electron chi connectivity index (χ0n) is 10.00. The van der Waals surface area contributed by atoms with Crippen LogP contribution in [0.5, 0.6) is 0 Å². The van der Waals surface area contributed by atoms with Gasteiger partial charge in [0.2, 0.25) is 0 Å². The number of hydrogen-bond acceptors (Lipinski definition) is 3. The van der Waals surface area contributed by atoms with E-state index in [0.29, 0.717) is 17.2 Å². The molecule has 0 N–H and O–H groups in total. The topological polar surface area (TPSA) is 12.9 Å². The fourth-order valence-corrected chi connectivity index (χ4v) is 4.06. The highest BCUT2D eigenvalue weighted by Crippen LogP contribution is 2.36. The smallest absolute Gasteiger partial charge is 0.230 e. The monoisotopic (exact) mass is 385 g/mol. The summed E-state index contributed by atoms with van der Waals surface area (Å²) < 4.78 is 27.8. The minimum Gasteiger partial charge on any atom is -0.230 e. The van der Waals surface area contributed by atoms with Crippen LogP contribution in [0.2, 0.25) is 5.02 Å². The Labute approximate surface area is 131 Å². The van der Waals surface area contributed by atoms with E-state index in [9.17, 15) is 8.78 Å². The number of hydrogen-bond donors (Lipinski definition) is 0. The van der Waals surface area contributed by atoms with Gasteiger partial charge in [0.05, 0.1) is 10.2 Å². The molecule has 7 heteroatoms. The average molecular weight is 387 g/mol. The molecule has 2 aromatic rings. The SMILES string of the molecule is CC(CCSc1nc2cc(Cl)ccc2s1)C(F)(F)Br. The van der Waals surface area contributed by atoms with E-state index in [1.165, 1.54) is 18.7 Å². The van der Waals surface area contributed by atoms with Gasteiger partial charge in [0.1, 0.15) is 0 Å². The van der Waals surface area contributed by atoms with Crippen LogP contribution >= 0.6 is 50.6 Å². The first-order valence-corrected chi connectivity index (χ1v) is 8.59. The Morgan fingerprint density at radius 3 is 2.95 bits per heavy atom. The number of halogens is 4. The first kappa shape index (κ1) is 15.5. The summed E-state index contributed by atoms with van der Waals surface area (Å²) >= 11 is 11.4. The van der Waals surface area contributed by atoms with Crippen molar-refractivity contribution in [2.45, 2.75) is 22.5 Å². The van der Waals surface area contributed by atoms with E-state index in [1.807, 2.05) is 18.2 Å². The molecule has 1 aromatic heterocycles. The molecule has 0 amide bonds. The maximum absolute atomic E-state index is 12.9. The molecule has 19 heavy (non-hydrogen) atoms. The van der Waals surface area contributed by atoms with Crippen molar-refractivity contribution in [3.63, 3.8) is 0 Å². The van der Waals surface area contributed by atoms with Gasteiger partial charge in [-0.25, -0.2) is 4.98 Å². The number of aromatic nitrogens is 1. The van der Waals surface area contributed by atoms with Crippen molar-refractivity contribution < 1.29 is 8.78 Å². The highest BCUT2D eigenvalue weighted by molar-refractivity contribution is 9.10. The number of thiazole rings is 1. The van der Waals surface area contributed by atoms with Crippen LogP contribution in [0.1, 0.15) is 13.3 Å². The molecule has 1 aromatic carbocycles. The molecule has 104 valence electrons. The van der Waals surface area contributed by atoms with E-state index >= 15 is 0 Å². The van der Waals surface area contributed by atoms with Crippen molar-refractivity contribution in [3.05, 3.63) is 23.2 Å². The molecule has 0 aliphatic carbocycles. The standard InChI is InChI=1S/C12H11BrClF2NS2/c1-7(12(13,15)16)4-5-18-11-17-9-6-8(14)2-3-10(9)19-11/h2-3,6-7H,4-5H2,1H3. The van der Waals surface area contributed by atoms with E-state index in [4.69, 9.17) is 11.6 Å². The van der Waals surface area contributed by atoms with Gasteiger partial charge in [-0.1, -0.05) is 30.3 Å². The molecule has 0 saturated carbocycles. The van der Waals surface area contributed by atoms with Crippen molar-refractivity contribution >= 4 is 60.8 Å². The van der Waals surface area contributed by atoms with Crippen LogP contribution in [-0.2, 0) is 0 Å². The molecule has 0 aliphatic rings. The lowest BCUT2D eigenvalue weighted by Gasteiger charge is -2.16. The third kappa shape index (κ3) is 4.28. The van der Waals surface area contributed by atoms with E-state index in [0.717, 1.165) is 14.6 Å². The Hall–Kier alpha value is 0.0900. The molecule has 1 atom stereocenters. The molecule has 0 aliphatic heterocycles. The van der Waals surface area contributed by atoms with Crippen LogP contribution < -0.4 is 0 Å². The number of fused-ring (bicyclic) bond motifs is 1. The Morgan fingerprint density at radius 2 is 2.26 bits per heavy atom. The minimum atomic E-state index is -2.80. The number of thioether (sulfide) groups is 1. The van der Waals surface area contributed by atoms with Crippen LogP contribution in [-0.4, -0.2) is 15.6 Å². The normalized spacial score (nSPS) is 13.9. The molecule has 1 unspecified atom stereocenters. The Kier molecular flexibility index (Phi) is 5.09. The Morgan fingerprint density at radius 1 is 1.53 bits per heavy atom. The maximum atomic E-state index is 12.9. The summed E-state index contributed by atoms with van der Waals surface area (Å²) in [5, 5.41) is 0.655. The number of alkyl halides is 3. The van der Waals surface area contributed by atoms with E-state index in [1.54, 1.807) is 11.3 Å². The van der Waals surface area contributed by atoms with Gasteiger partial charge in [0.15, 0.2) is 4.34 Å². The lowest BCUT2D eigenvalue weighted by atomic mass is 10.1. The number of rotatable bonds is 5. The zero-order chi connectivity index (χ0) is 14.0. The van der Waals surface area contributed by atoms with Crippen LogP contribution in [0.15, 0.2) is 22.5 Å². The molecular weight excluding hydrogens is 376 g/mol. The molecule has 2 rings (SSSR count). The Balaban J connectivity index is 1.95. The summed E-state index contributed by atoms with van der Waals surface area (Å²) in [6.07, 6.45) is 0.430. The summed E-state index contributed by atoms with van der Waals surface area (Å²) in [5.74, 6) is -0.0700. The fraction of sp³-hybridized carbons (Fsp3) is 0.417. The third-order valence-corrected chi connectivity index (χ3v) is 5.89. The summed E-state index contributed by atoms with van der Waals surface area (Å²) in [5.41, 5.74) is 0.860. The van der Waals surface area contributed by atoms with Gasteiger partial charge in [0.25, 0.3) is 0 Å². The highest BCUT2D eigenvalue weighted by atomic mass is 79.9. The molecule has 0 spiro atoms. The van der Waals surface area contributed by atoms with Crippen LogP contribution in [0.3, 0.4) is 0 Å². The van der Waals surface area contributed by atoms with Gasteiger partial charge < -0.3 is 0 Å². The summed E-state index contributed by atoms with van der Waals surface area (Å²) in [4.78, 5) is 1.63. The fourth-order valence-electron chi connectivity index (χ4n) is 1.43. The Bertz CT molecular complexity index is 570. The van der Waals surface area contributed by atoms with Crippen molar-refractivity contribution in [2.24, 2.45) is 5.92 Å².